The van der Waals surface area contributed by atoms with E-state index in [9.17, 15) is 32.3 Å². The summed E-state index contributed by atoms with van der Waals surface area (Å²) in [5.41, 5.74) is 0.904. The Morgan fingerprint density at radius 2 is 1.25 bits per heavy atom. The average molecular weight is 1030 g/mol. The van der Waals surface area contributed by atoms with E-state index in [1.54, 1.807) is 24.3 Å². The molecule has 2 heterocycles. The Hall–Kier alpha value is -0.0378. The van der Waals surface area contributed by atoms with Gasteiger partial charge in [0.15, 0.2) is 23.6 Å². The number of phenols is 1. The van der Waals surface area contributed by atoms with Crippen LogP contribution in [-0.2, 0) is 25.8 Å². The maximum Gasteiger partial charge on any atom is 1.00 e. The van der Waals surface area contributed by atoms with Gasteiger partial charge < -0.3 is 25.5 Å². The number of rotatable bonds is 6. The maximum absolute atomic E-state index is 12.8. The van der Waals surface area contributed by atoms with Crippen molar-refractivity contribution in [3.8, 4) is 5.75 Å². The number of aromatic hydroxyl groups is 1. The quantitative estimate of drug-likeness (QED) is 0.0668. The number of aldehydes is 1. The molecule has 0 bridgehead atoms. The molecule has 271 valence electrons. The number of furan rings is 2. The molecule has 0 atom stereocenters. The Morgan fingerprint density at radius 3 is 1.61 bits per heavy atom. The first kappa shape index (κ1) is 55.3. The molecule has 0 saturated carbocycles. The molecular formula is C31H25Br3ClCuF3K2O10. The number of hydrogen-bond acceptors (Lipinski definition) is 10. The molecule has 5 aromatic rings. The Labute approximate surface area is 409 Å². The molecule has 0 aliphatic rings. The van der Waals surface area contributed by atoms with Crippen molar-refractivity contribution in [3.05, 3.63) is 101 Å². The molecule has 0 spiro atoms. The molecule has 1 N–H and O–H groups in total. The zero-order chi connectivity index (χ0) is 37.5. The number of Topliss-reactive ketones (excluding diaryl/α,β-unsaturated/α-hetero) is 3. The van der Waals surface area contributed by atoms with E-state index in [2.05, 4.69) is 49.0 Å². The summed E-state index contributed by atoms with van der Waals surface area (Å²) < 4.78 is 48.0. The monoisotopic (exact) mass is 1030 g/mol. The number of halogens is 7. The summed E-state index contributed by atoms with van der Waals surface area (Å²) in [6, 6.07) is 14.8. The van der Waals surface area contributed by atoms with E-state index in [1.165, 1.54) is 55.5 Å². The van der Waals surface area contributed by atoms with Gasteiger partial charge in [-0.15, -0.1) is 11.6 Å². The van der Waals surface area contributed by atoms with Crippen molar-refractivity contribution in [1.82, 2.24) is 0 Å². The Bertz CT molecular complexity index is 1840. The van der Waals surface area contributed by atoms with Crippen LogP contribution in [0.3, 0.4) is 0 Å². The topological polar surface area (TPSA) is 164 Å². The van der Waals surface area contributed by atoms with Gasteiger partial charge in [0.2, 0.25) is 5.78 Å². The molecule has 0 amide bonds. The summed E-state index contributed by atoms with van der Waals surface area (Å²) in [6.45, 7) is 2.68. The van der Waals surface area contributed by atoms with E-state index in [0.29, 0.717) is 17.5 Å². The van der Waals surface area contributed by atoms with Crippen molar-refractivity contribution in [2.24, 2.45) is 0 Å². The van der Waals surface area contributed by atoms with Crippen molar-refractivity contribution in [2.75, 3.05) is 11.2 Å². The Morgan fingerprint density at radius 1 is 0.863 bits per heavy atom. The fourth-order valence-corrected chi connectivity index (χ4v) is 3.28. The minimum Gasteiger partial charge on any atom is -1.00 e. The standard InChI is InChI=1S/C10H6BrFO2.C10H7FO2.C7H5FO2.C3H5ClO.CH2O3.2BrH.Cu.2K.H/c11-5-8(13)10-3-6-1-2-7(12)4-9(6)14-10;1-6(12)9-4-7-2-3-8(11)5-10(7)13-9;8-6-2-1-5(4-9)7(10)3-6;1-3(5)2-4;2-1-4-3;;;;;;/h1-4H,5H2;2-5H,1H3;1-4,10H;2H2,1H3;1,3H;2*1H;;;;/q;;;;;;;+2;2*+1;-1/p-3. The van der Waals surface area contributed by atoms with Crippen molar-refractivity contribution in [3.63, 3.8) is 0 Å². The van der Waals surface area contributed by atoms with Crippen LogP contribution in [0.25, 0.3) is 21.9 Å². The van der Waals surface area contributed by atoms with Crippen LogP contribution < -0.4 is 108 Å². The first-order valence-corrected chi connectivity index (χ1v) is 19.0. The fourth-order valence-electron chi connectivity index (χ4n) is 3.00. The van der Waals surface area contributed by atoms with E-state index in [0.717, 1.165) is 22.9 Å². The molecule has 0 aliphatic carbocycles. The van der Waals surface area contributed by atoms with Crippen LogP contribution in [0.2, 0.25) is 0 Å². The van der Waals surface area contributed by atoms with Crippen LogP contribution in [0.4, 0.5) is 13.2 Å². The van der Waals surface area contributed by atoms with E-state index in [4.69, 9.17) is 35.6 Å². The maximum atomic E-state index is 12.8. The molecule has 2 aromatic heterocycles. The van der Waals surface area contributed by atoms with Crippen molar-refractivity contribution < 1.29 is 177 Å². The summed E-state index contributed by atoms with van der Waals surface area (Å²) in [6.07, 6.45) is 0.467. The Balaban J connectivity index is -0.000000283. The minimum absolute atomic E-state index is 0. The molecule has 0 saturated heterocycles. The molecular weight excluding hydrogens is 1010 g/mol. The Kier molecular flexibility index (Phi) is 34.9. The molecule has 0 unspecified atom stereocenters. The molecule has 10 nitrogen and oxygen atoms in total. The number of alkyl halides is 2. The second-order valence-electron chi connectivity index (χ2n) is 8.59. The molecule has 0 aliphatic heterocycles. The van der Waals surface area contributed by atoms with Crippen LogP contribution in [0.5, 0.6) is 5.75 Å². The fraction of sp³-hybridized carbons (Fsp3) is 0.129. The van der Waals surface area contributed by atoms with E-state index < -0.39 is 5.82 Å². The van der Waals surface area contributed by atoms with Crippen LogP contribution in [0.15, 0.2) is 75.6 Å². The van der Waals surface area contributed by atoms with E-state index >= 15 is 0 Å². The number of hydrogen-bond donors (Lipinski definition) is 1. The third-order valence-electron chi connectivity index (χ3n) is 5.05. The van der Waals surface area contributed by atoms with Gasteiger partial charge >= 0.3 is 142 Å². The first-order valence-electron chi connectivity index (χ1n) is 12.7. The number of carbonyl (C=O) groups is 5. The number of ketones is 3. The van der Waals surface area contributed by atoms with Gasteiger partial charge in [0.05, 0.1) is 16.8 Å². The van der Waals surface area contributed by atoms with Crippen molar-refractivity contribution in [1.29, 1.82) is 0 Å². The zero-order valence-corrected chi connectivity index (χ0v) is 39.7. The number of phenolic OH excluding ortho intramolecular Hbond substituents is 1. The smallest absolute Gasteiger partial charge is 1.00 e. The predicted octanol–water partition coefficient (Wildman–Crippen LogP) is 2.33. The van der Waals surface area contributed by atoms with E-state index in [-0.39, 0.29) is 174 Å². The second-order valence-corrected chi connectivity index (χ2v) is 14.2. The summed E-state index contributed by atoms with van der Waals surface area (Å²) in [4.78, 5) is 53.1. The SMILES string of the molecule is CC(=O)CCl.CC(=O)c1cc2ccc(F)cc2o1.O=C(CBr)c1cc2ccc(F)cc2o1.O=CO[O-].O=Cc1ccc(F)cc1O.[Br][Cu][Br].[H-].[K+].[K+]. The van der Waals surface area contributed by atoms with Gasteiger partial charge in [-0.3, -0.25) is 24.0 Å². The zero-order valence-electron chi connectivity index (χ0n) is 28.0. The van der Waals surface area contributed by atoms with Gasteiger partial charge in [0.25, 0.3) is 6.47 Å². The summed E-state index contributed by atoms with van der Waals surface area (Å²) in [5.74, 6) is -1.24. The summed E-state index contributed by atoms with van der Waals surface area (Å²) in [5, 5.41) is 18.9. The van der Waals surface area contributed by atoms with Gasteiger partial charge in [0, 0.05) is 35.9 Å². The van der Waals surface area contributed by atoms with Gasteiger partial charge in [-0.25, -0.2) is 13.2 Å². The molecule has 3 aromatic carbocycles. The molecule has 20 heteroatoms. The average Bonchev–Trinajstić information content (AvgIpc) is 3.70. The second kappa shape index (κ2) is 32.2. The van der Waals surface area contributed by atoms with Gasteiger partial charge in [-0.1, -0.05) is 15.9 Å². The van der Waals surface area contributed by atoms with Gasteiger partial charge in [0.1, 0.15) is 40.2 Å². The van der Waals surface area contributed by atoms with Crippen LogP contribution >= 0.6 is 55.8 Å². The predicted molar refractivity (Wildman–Crippen MR) is 181 cm³/mol. The summed E-state index contributed by atoms with van der Waals surface area (Å²) in [7, 11) is 0. The number of carbonyl (C=O) groups excluding carboxylic acids is 5. The molecule has 51 heavy (non-hydrogen) atoms. The molecule has 0 fully saturated rings. The first-order chi connectivity index (χ1) is 23.2. The molecule has 0 radical (unpaired) electrons. The van der Waals surface area contributed by atoms with Crippen LogP contribution in [0.1, 0.15) is 46.7 Å². The molecule has 5 rings (SSSR count). The largest absolute Gasteiger partial charge is 1.00 e. The summed E-state index contributed by atoms with van der Waals surface area (Å²) >= 11 is 15.4. The van der Waals surface area contributed by atoms with Crippen LogP contribution in [-0.4, -0.2) is 46.4 Å². The van der Waals surface area contributed by atoms with Gasteiger partial charge in [-0.2, -0.15) is 0 Å². The number of benzene rings is 3. The van der Waals surface area contributed by atoms with Crippen LogP contribution in [0, 0.1) is 17.5 Å². The van der Waals surface area contributed by atoms with Crippen molar-refractivity contribution >= 4 is 108 Å². The minimum atomic E-state index is -0.553. The van der Waals surface area contributed by atoms with E-state index in [1.807, 2.05) is 0 Å². The normalized spacial score (nSPS) is 9.06. The third kappa shape index (κ3) is 23.5. The van der Waals surface area contributed by atoms with Crippen molar-refractivity contribution in [2.45, 2.75) is 13.8 Å². The van der Waals surface area contributed by atoms with Gasteiger partial charge in [-0.05, 0) is 55.5 Å². The third-order valence-corrected chi connectivity index (χ3v) is 5.94. The number of fused-ring (bicyclic) bond motifs is 2.